The molecule has 1 N–H and O–H groups in total. The lowest BCUT2D eigenvalue weighted by molar-refractivity contribution is -0.145. The van der Waals surface area contributed by atoms with E-state index in [2.05, 4.69) is 0 Å². The maximum absolute atomic E-state index is 12.3. The summed E-state index contributed by atoms with van der Waals surface area (Å²) in [5.41, 5.74) is -0.300. The average Bonchev–Trinajstić information content (AvgIpc) is 3.15. The van der Waals surface area contributed by atoms with E-state index in [0.717, 1.165) is 44.9 Å². The number of nitrogens with zero attached hydrogens (tertiary/aromatic N) is 1. The van der Waals surface area contributed by atoms with Gasteiger partial charge in [0.2, 0.25) is 10.0 Å². The molecule has 2 aliphatic carbocycles. The number of carbonyl (C=O) groups is 1. The molecule has 1 atom stereocenters. The van der Waals surface area contributed by atoms with E-state index in [-0.39, 0.29) is 17.2 Å². The van der Waals surface area contributed by atoms with Crippen molar-refractivity contribution in [1.82, 2.24) is 4.31 Å². The quantitative estimate of drug-likeness (QED) is 0.852. The number of hydrogen-bond donors (Lipinski definition) is 1. The maximum Gasteiger partial charge on any atom is 0.308 e. The first-order valence-electron chi connectivity index (χ1n) is 7.17. The highest BCUT2D eigenvalue weighted by Gasteiger charge is 2.55. The summed E-state index contributed by atoms with van der Waals surface area (Å²) in [7, 11) is -3.24. The summed E-state index contributed by atoms with van der Waals surface area (Å²) in [5, 5.41) is 9.21. The highest BCUT2D eigenvalue weighted by Crippen LogP contribution is 2.49. The van der Waals surface area contributed by atoms with Crippen LogP contribution in [0.15, 0.2) is 0 Å². The van der Waals surface area contributed by atoms with Crippen molar-refractivity contribution >= 4 is 16.0 Å². The van der Waals surface area contributed by atoms with Crippen LogP contribution >= 0.6 is 0 Å². The minimum absolute atomic E-state index is 0.189. The molecule has 3 aliphatic rings. The first-order chi connectivity index (χ1) is 8.96. The Bertz CT molecular complexity index is 477. The van der Waals surface area contributed by atoms with Gasteiger partial charge in [0.15, 0.2) is 0 Å². The molecule has 5 nitrogen and oxygen atoms in total. The van der Waals surface area contributed by atoms with Gasteiger partial charge in [-0.2, -0.15) is 0 Å². The third-order valence-corrected chi connectivity index (χ3v) is 7.38. The predicted octanol–water partition coefficient (Wildman–Crippen LogP) is 1.45. The van der Waals surface area contributed by atoms with Crippen LogP contribution in [0.25, 0.3) is 0 Å². The third kappa shape index (κ3) is 2.18. The Kier molecular flexibility index (Phi) is 3.13. The van der Waals surface area contributed by atoms with Gasteiger partial charge in [0.25, 0.3) is 0 Å². The minimum atomic E-state index is -3.24. The van der Waals surface area contributed by atoms with Gasteiger partial charge in [-0.25, -0.2) is 12.7 Å². The van der Waals surface area contributed by atoms with E-state index >= 15 is 0 Å². The van der Waals surface area contributed by atoms with E-state index in [1.54, 1.807) is 0 Å². The number of carboxylic acid groups (broad SMARTS) is 1. The molecular weight excluding hydrogens is 266 g/mol. The highest BCUT2D eigenvalue weighted by atomic mass is 32.2. The molecule has 3 fully saturated rings. The molecule has 0 amide bonds. The Morgan fingerprint density at radius 3 is 2.32 bits per heavy atom. The molecule has 0 bridgehead atoms. The zero-order valence-corrected chi connectivity index (χ0v) is 11.9. The second kappa shape index (κ2) is 4.45. The van der Waals surface area contributed by atoms with Crippen molar-refractivity contribution in [2.24, 2.45) is 11.3 Å². The van der Waals surface area contributed by atoms with Gasteiger partial charge in [-0.3, -0.25) is 4.79 Å². The van der Waals surface area contributed by atoms with E-state index in [4.69, 9.17) is 0 Å². The molecule has 2 saturated carbocycles. The maximum atomic E-state index is 12.3. The Balaban J connectivity index is 1.86. The summed E-state index contributed by atoms with van der Waals surface area (Å²) >= 11 is 0. The first-order valence-corrected chi connectivity index (χ1v) is 8.68. The molecule has 3 rings (SSSR count). The summed E-state index contributed by atoms with van der Waals surface area (Å²) < 4.78 is 26.1. The number of rotatable bonds is 3. The van der Waals surface area contributed by atoms with Gasteiger partial charge in [-0.1, -0.05) is 19.3 Å². The van der Waals surface area contributed by atoms with Crippen molar-refractivity contribution < 1.29 is 18.3 Å². The summed E-state index contributed by atoms with van der Waals surface area (Å²) in [4.78, 5) is 11.5. The topological polar surface area (TPSA) is 74.7 Å². The minimum Gasteiger partial charge on any atom is -0.481 e. The van der Waals surface area contributed by atoms with Gasteiger partial charge < -0.3 is 5.11 Å². The number of aliphatic carboxylic acids is 1. The molecule has 0 aromatic rings. The SMILES string of the molecule is O=C(O)C1CN(S(=O)(=O)C2CC2)CC12CCCCC2. The second-order valence-electron chi connectivity index (χ2n) is 6.35. The van der Waals surface area contributed by atoms with Crippen LogP contribution in [-0.4, -0.2) is 42.1 Å². The van der Waals surface area contributed by atoms with E-state index in [9.17, 15) is 18.3 Å². The number of hydrogen-bond acceptors (Lipinski definition) is 3. The van der Waals surface area contributed by atoms with Crippen LogP contribution in [0.2, 0.25) is 0 Å². The lowest BCUT2D eigenvalue weighted by Crippen LogP contribution is -2.37. The van der Waals surface area contributed by atoms with Gasteiger partial charge in [-0.15, -0.1) is 0 Å². The molecule has 0 aromatic carbocycles. The Hall–Kier alpha value is -0.620. The van der Waals surface area contributed by atoms with Crippen molar-refractivity contribution in [2.75, 3.05) is 13.1 Å². The van der Waals surface area contributed by atoms with Crippen molar-refractivity contribution in [2.45, 2.75) is 50.2 Å². The molecule has 0 aromatic heterocycles. The Labute approximate surface area is 114 Å². The van der Waals surface area contributed by atoms with Crippen LogP contribution in [-0.2, 0) is 14.8 Å². The molecule has 108 valence electrons. The monoisotopic (exact) mass is 287 g/mol. The zero-order chi connectivity index (χ0) is 13.7. The normalized spacial score (nSPS) is 31.7. The number of sulfonamides is 1. The predicted molar refractivity (Wildman–Crippen MR) is 70.2 cm³/mol. The summed E-state index contributed by atoms with van der Waals surface area (Å²) in [6.45, 7) is 0.622. The average molecular weight is 287 g/mol. The van der Waals surface area contributed by atoms with Crippen LogP contribution in [0, 0.1) is 11.3 Å². The van der Waals surface area contributed by atoms with E-state index < -0.39 is 21.9 Å². The smallest absolute Gasteiger partial charge is 0.308 e. The van der Waals surface area contributed by atoms with Crippen LogP contribution in [0.1, 0.15) is 44.9 Å². The van der Waals surface area contributed by atoms with Crippen molar-refractivity contribution in [3.05, 3.63) is 0 Å². The molecular formula is C13H21NO4S. The van der Waals surface area contributed by atoms with Crippen LogP contribution in [0.4, 0.5) is 0 Å². The summed E-state index contributed by atoms with van der Waals surface area (Å²) in [5.74, 6) is -1.34. The molecule has 1 aliphatic heterocycles. The van der Waals surface area contributed by atoms with Crippen LogP contribution in [0.3, 0.4) is 0 Å². The van der Waals surface area contributed by atoms with Gasteiger partial charge >= 0.3 is 5.97 Å². The Morgan fingerprint density at radius 2 is 1.79 bits per heavy atom. The van der Waals surface area contributed by atoms with E-state index in [1.807, 2.05) is 0 Å². The largest absolute Gasteiger partial charge is 0.481 e. The van der Waals surface area contributed by atoms with E-state index in [1.165, 1.54) is 4.31 Å². The second-order valence-corrected chi connectivity index (χ2v) is 8.56. The van der Waals surface area contributed by atoms with Gasteiger partial charge in [0, 0.05) is 13.1 Å². The van der Waals surface area contributed by atoms with Crippen LogP contribution in [0.5, 0.6) is 0 Å². The third-order valence-electron chi connectivity index (χ3n) is 5.07. The molecule has 1 heterocycles. The van der Waals surface area contributed by atoms with Gasteiger partial charge in [0.1, 0.15) is 0 Å². The fourth-order valence-corrected chi connectivity index (χ4v) is 5.74. The lowest BCUT2D eigenvalue weighted by Gasteiger charge is -2.36. The Morgan fingerprint density at radius 1 is 1.16 bits per heavy atom. The molecule has 1 spiro atoms. The molecule has 6 heteroatoms. The fourth-order valence-electron chi connectivity index (χ4n) is 3.80. The van der Waals surface area contributed by atoms with E-state index in [0.29, 0.717) is 6.54 Å². The fraction of sp³-hybridized carbons (Fsp3) is 0.923. The van der Waals surface area contributed by atoms with Gasteiger partial charge in [0.05, 0.1) is 11.2 Å². The highest BCUT2D eigenvalue weighted by molar-refractivity contribution is 7.90. The van der Waals surface area contributed by atoms with Crippen LogP contribution < -0.4 is 0 Å². The summed E-state index contributed by atoms with van der Waals surface area (Å²) in [6, 6.07) is 0. The first kappa shape index (κ1) is 13.4. The molecule has 1 unspecified atom stereocenters. The lowest BCUT2D eigenvalue weighted by atomic mass is 9.68. The van der Waals surface area contributed by atoms with Crippen molar-refractivity contribution in [3.63, 3.8) is 0 Å². The zero-order valence-electron chi connectivity index (χ0n) is 11.0. The van der Waals surface area contributed by atoms with Crippen molar-refractivity contribution in [1.29, 1.82) is 0 Å². The summed E-state index contributed by atoms with van der Waals surface area (Å²) in [6.07, 6.45) is 6.40. The standard InChI is InChI=1S/C13H21NO4S/c15-12(16)11-8-14(19(17,18)10-4-5-10)9-13(11)6-2-1-3-7-13/h10-11H,1-9H2,(H,15,16). The molecule has 0 radical (unpaired) electrons. The van der Waals surface area contributed by atoms with Gasteiger partial charge in [-0.05, 0) is 31.1 Å². The van der Waals surface area contributed by atoms with Crippen molar-refractivity contribution in [3.8, 4) is 0 Å². The molecule has 19 heavy (non-hydrogen) atoms. The molecule has 1 saturated heterocycles. The number of carboxylic acids is 1.